The van der Waals surface area contributed by atoms with Gasteiger partial charge in [0.05, 0.1) is 32.9 Å². The predicted octanol–water partition coefficient (Wildman–Crippen LogP) is 3.71. The summed E-state index contributed by atoms with van der Waals surface area (Å²) in [6.45, 7) is 4.04. The summed E-state index contributed by atoms with van der Waals surface area (Å²) in [5.74, 6) is 1.80. The summed E-state index contributed by atoms with van der Waals surface area (Å²) in [7, 11) is 3.31. The van der Waals surface area contributed by atoms with Crippen LogP contribution in [0.25, 0.3) is 11.3 Å². The highest BCUT2D eigenvalue weighted by molar-refractivity contribution is 7.09. The third kappa shape index (κ3) is 5.42. The first-order valence-corrected chi connectivity index (χ1v) is 11.2. The maximum Gasteiger partial charge on any atom is 0.227 e. The van der Waals surface area contributed by atoms with Gasteiger partial charge in [0.25, 0.3) is 0 Å². The van der Waals surface area contributed by atoms with Gasteiger partial charge in [-0.1, -0.05) is 12.1 Å². The molecule has 162 valence electrons. The second kappa shape index (κ2) is 9.94. The van der Waals surface area contributed by atoms with Crippen LogP contribution in [0.15, 0.2) is 53.9 Å². The minimum Gasteiger partial charge on any atom is -0.497 e. The Morgan fingerprint density at radius 1 is 1.00 bits per heavy atom. The van der Waals surface area contributed by atoms with Crippen LogP contribution in [0.2, 0.25) is 0 Å². The Morgan fingerprint density at radius 3 is 2.45 bits per heavy atom. The Morgan fingerprint density at radius 2 is 1.74 bits per heavy atom. The average Bonchev–Trinajstić information content (AvgIpc) is 3.28. The fourth-order valence-corrected chi connectivity index (χ4v) is 4.54. The standard InChI is InChI=1S/C24H27N3O3S/c1-29-20-8-6-19(7-9-20)22-17-31-23(25-22)16-26-10-12-27(13-11-26)24(28)15-18-4-3-5-21(14-18)30-2/h3-9,14,17H,10-13,15-16H2,1-2H3. The number of piperazine rings is 1. The molecule has 0 radical (unpaired) electrons. The van der Waals surface area contributed by atoms with Gasteiger partial charge in [-0.2, -0.15) is 0 Å². The minimum absolute atomic E-state index is 0.170. The van der Waals surface area contributed by atoms with Gasteiger partial charge in [-0.3, -0.25) is 9.69 Å². The van der Waals surface area contributed by atoms with Crippen molar-refractivity contribution in [1.29, 1.82) is 0 Å². The Bertz CT molecular complexity index is 1010. The minimum atomic E-state index is 0.170. The molecule has 0 atom stereocenters. The third-order valence-electron chi connectivity index (χ3n) is 5.51. The van der Waals surface area contributed by atoms with Crippen molar-refractivity contribution in [2.24, 2.45) is 0 Å². The maximum atomic E-state index is 12.7. The summed E-state index contributed by atoms with van der Waals surface area (Å²) in [4.78, 5) is 21.8. The van der Waals surface area contributed by atoms with Crippen LogP contribution in [0.4, 0.5) is 0 Å². The van der Waals surface area contributed by atoms with E-state index in [1.54, 1.807) is 25.6 Å². The molecule has 2 aromatic carbocycles. The van der Waals surface area contributed by atoms with Crippen molar-refractivity contribution < 1.29 is 14.3 Å². The average molecular weight is 438 g/mol. The van der Waals surface area contributed by atoms with E-state index < -0.39 is 0 Å². The summed E-state index contributed by atoms with van der Waals surface area (Å²) in [6, 6.07) is 15.7. The highest BCUT2D eigenvalue weighted by Crippen LogP contribution is 2.25. The number of carbonyl (C=O) groups is 1. The molecule has 0 bridgehead atoms. The Kier molecular flexibility index (Phi) is 6.84. The van der Waals surface area contributed by atoms with Gasteiger partial charge in [-0.05, 0) is 42.0 Å². The van der Waals surface area contributed by atoms with Gasteiger partial charge >= 0.3 is 0 Å². The van der Waals surface area contributed by atoms with Crippen molar-refractivity contribution in [2.45, 2.75) is 13.0 Å². The molecule has 0 spiro atoms. The van der Waals surface area contributed by atoms with Gasteiger partial charge in [-0.15, -0.1) is 11.3 Å². The molecule has 6 nitrogen and oxygen atoms in total. The van der Waals surface area contributed by atoms with Crippen LogP contribution in [0.5, 0.6) is 11.5 Å². The smallest absolute Gasteiger partial charge is 0.227 e. The zero-order valence-electron chi connectivity index (χ0n) is 17.9. The molecule has 1 aliphatic heterocycles. The molecule has 7 heteroatoms. The molecule has 0 unspecified atom stereocenters. The number of rotatable bonds is 7. The lowest BCUT2D eigenvalue weighted by Gasteiger charge is -2.34. The van der Waals surface area contributed by atoms with E-state index in [1.807, 2.05) is 53.4 Å². The fourth-order valence-electron chi connectivity index (χ4n) is 3.69. The second-order valence-electron chi connectivity index (χ2n) is 7.54. The normalized spacial score (nSPS) is 14.5. The van der Waals surface area contributed by atoms with Gasteiger partial charge in [0.1, 0.15) is 16.5 Å². The highest BCUT2D eigenvalue weighted by Gasteiger charge is 2.22. The lowest BCUT2D eigenvalue weighted by atomic mass is 10.1. The number of hydrogen-bond acceptors (Lipinski definition) is 6. The van der Waals surface area contributed by atoms with Crippen LogP contribution < -0.4 is 9.47 Å². The van der Waals surface area contributed by atoms with E-state index >= 15 is 0 Å². The molecule has 3 aromatic rings. The molecule has 1 amide bonds. The van der Waals surface area contributed by atoms with Crippen LogP contribution in [0.3, 0.4) is 0 Å². The quantitative estimate of drug-likeness (QED) is 0.564. The van der Waals surface area contributed by atoms with E-state index in [-0.39, 0.29) is 5.91 Å². The van der Waals surface area contributed by atoms with Gasteiger partial charge in [0.15, 0.2) is 0 Å². The molecular formula is C24H27N3O3S. The fraction of sp³-hybridized carbons (Fsp3) is 0.333. The summed E-state index contributed by atoms with van der Waals surface area (Å²) in [5, 5.41) is 3.20. The van der Waals surface area contributed by atoms with E-state index in [1.165, 1.54) is 0 Å². The second-order valence-corrected chi connectivity index (χ2v) is 8.48. The zero-order chi connectivity index (χ0) is 21.6. The van der Waals surface area contributed by atoms with Crippen LogP contribution in [0, 0.1) is 0 Å². The SMILES string of the molecule is COc1ccc(-c2csc(CN3CCN(C(=O)Cc4cccc(OC)c4)CC3)n2)cc1. The van der Waals surface area contributed by atoms with Gasteiger partial charge < -0.3 is 14.4 Å². The number of carbonyl (C=O) groups excluding carboxylic acids is 1. The van der Waals surface area contributed by atoms with Crippen LogP contribution in [0.1, 0.15) is 10.6 Å². The van der Waals surface area contributed by atoms with E-state index in [0.717, 1.165) is 66.1 Å². The van der Waals surface area contributed by atoms with Crippen molar-refractivity contribution in [1.82, 2.24) is 14.8 Å². The van der Waals surface area contributed by atoms with Crippen LogP contribution in [-0.2, 0) is 17.8 Å². The number of ether oxygens (including phenoxy) is 2. The first-order valence-electron chi connectivity index (χ1n) is 10.4. The van der Waals surface area contributed by atoms with Crippen molar-refractivity contribution >= 4 is 17.2 Å². The molecule has 0 N–H and O–H groups in total. The summed E-state index contributed by atoms with van der Waals surface area (Å²) in [5.41, 5.74) is 3.08. The highest BCUT2D eigenvalue weighted by atomic mass is 32.1. The molecule has 2 heterocycles. The molecule has 0 saturated carbocycles. The van der Waals surface area contributed by atoms with Crippen molar-refractivity contribution in [3.8, 4) is 22.8 Å². The number of methoxy groups -OCH3 is 2. The van der Waals surface area contributed by atoms with Gasteiger partial charge in [0.2, 0.25) is 5.91 Å². The van der Waals surface area contributed by atoms with E-state index in [4.69, 9.17) is 14.5 Å². The lowest BCUT2D eigenvalue weighted by Crippen LogP contribution is -2.48. The maximum absolute atomic E-state index is 12.7. The summed E-state index contributed by atoms with van der Waals surface area (Å²) < 4.78 is 10.5. The van der Waals surface area contributed by atoms with Crippen molar-refractivity contribution in [2.75, 3.05) is 40.4 Å². The first-order chi connectivity index (χ1) is 15.1. The Balaban J connectivity index is 1.28. The van der Waals surface area contributed by atoms with Crippen LogP contribution >= 0.6 is 11.3 Å². The molecule has 4 rings (SSSR count). The number of hydrogen-bond donors (Lipinski definition) is 0. The third-order valence-corrected chi connectivity index (χ3v) is 6.34. The number of benzene rings is 2. The molecule has 1 aliphatic rings. The van der Waals surface area contributed by atoms with Gasteiger partial charge in [0, 0.05) is 37.1 Å². The number of aromatic nitrogens is 1. The largest absolute Gasteiger partial charge is 0.497 e. The van der Waals surface area contributed by atoms with Crippen molar-refractivity contribution in [3.63, 3.8) is 0 Å². The number of amides is 1. The molecular weight excluding hydrogens is 410 g/mol. The molecule has 0 aliphatic carbocycles. The molecule has 1 fully saturated rings. The summed E-state index contributed by atoms with van der Waals surface area (Å²) >= 11 is 1.68. The number of thiazole rings is 1. The van der Waals surface area contributed by atoms with E-state index in [0.29, 0.717) is 6.42 Å². The van der Waals surface area contributed by atoms with Crippen LogP contribution in [-0.4, -0.2) is 61.1 Å². The molecule has 1 saturated heterocycles. The Labute approximate surface area is 187 Å². The Hall–Kier alpha value is -2.90. The van der Waals surface area contributed by atoms with E-state index in [2.05, 4.69) is 10.3 Å². The lowest BCUT2D eigenvalue weighted by molar-refractivity contribution is -0.132. The zero-order valence-corrected chi connectivity index (χ0v) is 18.7. The first kappa shape index (κ1) is 21.3. The molecule has 1 aromatic heterocycles. The predicted molar refractivity (Wildman–Crippen MR) is 123 cm³/mol. The topological polar surface area (TPSA) is 54.9 Å². The molecule has 31 heavy (non-hydrogen) atoms. The summed E-state index contributed by atoms with van der Waals surface area (Å²) in [6.07, 6.45) is 0.412. The van der Waals surface area contributed by atoms with E-state index in [9.17, 15) is 4.79 Å². The van der Waals surface area contributed by atoms with Crippen molar-refractivity contribution in [3.05, 3.63) is 64.5 Å². The number of nitrogens with zero attached hydrogens (tertiary/aromatic N) is 3. The van der Waals surface area contributed by atoms with Gasteiger partial charge in [-0.25, -0.2) is 4.98 Å². The monoisotopic (exact) mass is 437 g/mol.